The summed E-state index contributed by atoms with van der Waals surface area (Å²) in [6.07, 6.45) is 5.21. The molecule has 0 aliphatic carbocycles. The molecule has 2 fully saturated rings. The summed E-state index contributed by atoms with van der Waals surface area (Å²) in [6.45, 7) is 4.16. The Morgan fingerprint density at radius 3 is 2.82 bits per heavy atom. The molecule has 22 heavy (non-hydrogen) atoms. The number of nitrogens with one attached hydrogen (secondary N) is 1. The van der Waals surface area contributed by atoms with Gasteiger partial charge in [-0.15, -0.1) is 0 Å². The fourth-order valence-electron chi connectivity index (χ4n) is 3.03. The minimum Gasteiger partial charge on any atom is -0.376 e. The second kappa shape index (κ2) is 8.26. The molecule has 2 saturated heterocycles. The highest BCUT2D eigenvalue weighted by Gasteiger charge is 2.32. The van der Waals surface area contributed by atoms with E-state index in [0.29, 0.717) is 26.1 Å². The summed E-state index contributed by atoms with van der Waals surface area (Å²) >= 11 is 0. The van der Waals surface area contributed by atoms with Gasteiger partial charge < -0.3 is 10.1 Å². The number of rotatable bonds is 7. The summed E-state index contributed by atoms with van der Waals surface area (Å²) in [6, 6.07) is 0. The molecular formula is C15H28N2O4S. The fourth-order valence-corrected chi connectivity index (χ4v) is 4.76. The van der Waals surface area contributed by atoms with E-state index in [1.165, 1.54) is 4.31 Å². The van der Waals surface area contributed by atoms with Gasteiger partial charge in [0.15, 0.2) is 0 Å². The van der Waals surface area contributed by atoms with E-state index in [1.807, 2.05) is 6.92 Å². The van der Waals surface area contributed by atoms with Crippen LogP contribution in [0.1, 0.15) is 45.4 Å². The van der Waals surface area contributed by atoms with E-state index in [4.69, 9.17) is 4.74 Å². The summed E-state index contributed by atoms with van der Waals surface area (Å²) in [5.41, 5.74) is 0. The molecule has 0 radical (unpaired) electrons. The van der Waals surface area contributed by atoms with Gasteiger partial charge in [-0.2, -0.15) is 0 Å². The van der Waals surface area contributed by atoms with Crippen molar-refractivity contribution in [2.45, 2.75) is 51.6 Å². The Bertz CT molecular complexity index is 460. The second-order valence-electron chi connectivity index (χ2n) is 6.25. The summed E-state index contributed by atoms with van der Waals surface area (Å²) in [4.78, 5) is 12.3. The van der Waals surface area contributed by atoms with E-state index >= 15 is 0 Å². The number of piperidine rings is 1. The lowest BCUT2D eigenvalue weighted by Gasteiger charge is -2.31. The van der Waals surface area contributed by atoms with Crippen LogP contribution in [-0.4, -0.2) is 56.7 Å². The molecule has 2 atom stereocenters. The third-order valence-corrected chi connectivity index (χ3v) is 6.36. The normalized spacial score (nSPS) is 27.0. The van der Waals surface area contributed by atoms with Crippen LogP contribution in [0.3, 0.4) is 0 Å². The fraction of sp³-hybridized carbons (Fsp3) is 0.933. The van der Waals surface area contributed by atoms with Crippen LogP contribution >= 0.6 is 0 Å². The summed E-state index contributed by atoms with van der Waals surface area (Å²) in [7, 11) is -3.21. The average molecular weight is 332 g/mol. The first kappa shape index (κ1) is 17.7. The van der Waals surface area contributed by atoms with Gasteiger partial charge in [-0.05, 0) is 32.1 Å². The molecule has 0 unspecified atom stereocenters. The van der Waals surface area contributed by atoms with Crippen molar-refractivity contribution in [3.63, 3.8) is 0 Å². The maximum Gasteiger partial charge on any atom is 0.224 e. The zero-order chi connectivity index (χ0) is 16.0. The van der Waals surface area contributed by atoms with Crippen LogP contribution in [0.15, 0.2) is 0 Å². The van der Waals surface area contributed by atoms with Gasteiger partial charge in [-0.1, -0.05) is 13.3 Å². The summed E-state index contributed by atoms with van der Waals surface area (Å²) in [5, 5.41) is 2.92. The summed E-state index contributed by atoms with van der Waals surface area (Å²) in [5.74, 6) is -0.0780. The molecular weight excluding hydrogens is 304 g/mol. The van der Waals surface area contributed by atoms with E-state index in [0.717, 1.165) is 38.7 Å². The summed E-state index contributed by atoms with van der Waals surface area (Å²) < 4.78 is 31.5. The lowest BCUT2D eigenvalue weighted by atomic mass is 9.99. The number of carbonyl (C=O) groups is 1. The number of hydrogen-bond donors (Lipinski definition) is 1. The highest BCUT2D eigenvalue weighted by Crippen LogP contribution is 2.20. The van der Waals surface area contributed by atoms with Crippen LogP contribution in [0.2, 0.25) is 0 Å². The lowest BCUT2D eigenvalue weighted by Crippen LogP contribution is -2.47. The molecule has 0 aromatic rings. The molecule has 0 saturated carbocycles. The molecule has 2 aliphatic heterocycles. The van der Waals surface area contributed by atoms with E-state index in [9.17, 15) is 13.2 Å². The third kappa shape index (κ3) is 4.93. The predicted octanol–water partition coefficient (Wildman–Crippen LogP) is 1.12. The van der Waals surface area contributed by atoms with Crippen molar-refractivity contribution in [3.05, 3.63) is 0 Å². The van der Waals surface area contributed by atoms with Gasteiger partial charge in [0, 0.05) is 26.2 Å². The molecule has 0 aromatic heterocycles. The minimum absolute atomic E-state index is 0.0362. The third-order valence-electron chi connectivity index (χ3n) is 4.43. The lowest BCUT2D eigenvalue weighted by molar-refractivity contribution is -0.126. The number of unbranched alkanes of at least 4 members (excludes halogenated alkanes) is 1. The van der Waals surface area contributed by atoms with Gasteiger partial charge in [0.2, 0.25) is 15.9 Å². The van der Waals surface area contributed by atoms with E-state index in [-0.39, 0.29) is 23.7 Å². The largest absolute Gasteiger partial charge is 0.376 e. The number of sulfonamides is 1. The van der Waals surface area contributed by atoms with Crippen LogP contribution in [0.25, 0.3) is 0 Å². The molecule has 7 heteroatoms. The van der Waals surface area contributed by atoms with Crippen LogP contribution in [0.4, 0.5) is 0 Å². The molecule has 0 spiro atoms. The molecule has 2 heterocycles. The van der Waals surface area contributed by atoms with Crippen molar-refractivity contribution in [1.29, 1.82) is 0 Å². The Balaban J connectivity index is 1.82. The number of nitrogens with zero attached hydrogens (tertiary/aromatic N) is 1. The first-order valence-electron chi connectivity index (χ1n) is 8.40. The Morgan fingerprint density at radius 2 is 2.14 bits per heavy atom. The van der Waals surface area contributed by atoms with Gasteiger partial charge in [0.05, 0.1) is 17.8 Å². The topological polar surface area (TPSA) is 75.7 Å². The van der Waals surface area contributed by atoms with Crippen molar-refractivity contribution in [2.24, 2.45) is 5.92 Å². The second-order valence-corrected chi connectivity index (χ2v) is 8.34. The zero-order valence-electron chi connectivity index (χ0n) is 13.4. The number of carbonyl (C=O) groups excluding carboxylic acids is 1. The zero-order valence-corrected chi connectivity index (χ0v) is 14.2. The van der Waals surface area contributed by atoms with Crippen molar-refractivity contribution >= 4 is 15.9 Å². The number of ether oxygens (including phenoxy) is 1. The SMILES string of the molecule is CCCCS(=O)(=O)N1CCC[C@@H](C(=O)NC[C@H]2CCCO2)C1. The van der Waals surface area contributed by atoms with Crippen molar-refractivity contribution in [3.8, 4) is 0 Å². The monoisotopic (exact) mass is 332 g/mol. The van der Waals surface area contributed by atoms with E-state index in [1.54, 1.807) is 0 Å². The van der Waals surface area contributed by atoms with Gasteiger partial charge in [0.25, 0.3) is 0 Å². The molecule has 0 aromatic carbocycles. The Morgan fingerprint density at radius 1 is 1.32 bits per heavy atom. The van der Waals surface area contributed by atoms with Gasteiger partial charge in [-0.3, -0.25) is 4.79 Å². The van der Waals surface area contributed by atoms with E-state index < -0.39 is 10.0 Å². The number of hydrogen-bond acceptors (Lipinski definition) is 4. The van der Waals surface area contributed by atoms with Gasteiger partial charge in [-0.25, -0.2) is 12.7 Å². The van der Waals surface area contributed by atoms with Crippen molar-refractivity contribution in [1.82, 2.24) is 9.62 Å². The quantitative estimate of drug-likeness (QED) is 0.758. The maximum atomic E-state index is 12.3. The van der Waals surface area contributed by atoms with Crippen LogP contribution in [-0.2, 0) is 19.6 Å². The first-order chi connectivity index (χ1) is 10.5. The molecule has 2 aliphatic rings. The smallest absolute Gasteiger partial charge is 0.224 e. The minimum atomic E-state index is -3.21. The molecule has 1 amide bonds. The van der Waals surface area contributed by atoms with Crippen molar-refractivity contribution in [2.75, 3.05) is 32.0 Å². The van der Waals surface area contributed by atoms with Gasteiger partial charge >= 0.3 is 0 Å². The van der Waals surface area contributed by atoms with Crippen molar-refractivity contribution < 1.29 is 17.9 Å². The Labute approximate surface area is 133 Å². The van der Waals surface area contributed by atoms with Crippen LogP contribution < -0.4 is 5.32 Å². The maximum absolute atomic E-state index is 12.3. The highest BCUT2D eigenvalue weighted by atomic mass is 32.2. The molecule has 0 bridgehead atoms. The molecule has 2 rings (SSSR count). The van der Waals surface area contributed by atoms with Crippen LogP contribution in [0, 0.1) is 5.92 Å². The first-order valence-corrected chi connectivity index (χ1v) is 10.0. The molecule has 6 nitrogen and oxygen atoms in total. The van der Waals surface area contributed by atoms with E-state index in [2.05, 4.69) is 5.32 Å². The average Bonchev–Trinajstić information content (AvgIpc) is 3.04. The number of amides is 1. The highest BCUT2D eigenvalue weighted by molar-refractivity contribution is 7.89. The Kier molecular flexibility index (Phi) is 6.65. The standard InChI is InChI=1S/C15H28N2O4S/c1-2-3-10-22(19,20)17-8-4-6-13(12-17)15(18)16-11-14-7-5-9-21-14/h13-14H,2-12H2,1H3,(H,16,18)/t13-,14-/m1/s1. The Hall–Kier alpha value is -0.660. The molecule has 1 N–H and O–H groups in total. The predicted molar refractivity (Wildman–Crippen MR) is 85.0 cm³/mol. The molecule has 128 valence electrons. The van der Waals surface area contributed by atoms with Crippen LogP contribution in [0.5, 0.6) is 0 Å². The van der Waals surface area contributed by atoms with Gasteiger partial charge in [0.1, 0.15) is 0 Å².